The number of aliphatic hydroxyl groups excluding tert-OH is 1. The molecule has 0 aromatic heterocycles. The number of benzene rings is 3. The lowest BCUT2D eigenvalue weighted by Gasteiger charge is -2.28. The van der Waals surface area contributed by atoms with Gasteiger partial charge in [-0.1, -0.05) is 40.2 Å². The Bertz CT molecular complexity index is 1190. The van der Waals surface area contributed by atoms with Crippen molar-refractivity contribution in [2.24, 2.45) is 0 Å². The summed E-state index contributed by atoms with van der Waals surface area (Å²) in [4.78, 5) is 26.2. The zero-order valence-electron chi connectivity index (χ0n) is 20.0. The number of aliphatic hydroxyl groups is 1. The average Bonchev–Trinajstić information content (AvgIpc) is 3.23. The Kier molecular flexibility index (Phi) is 9.45. The number of amides is 2. The molecule has 4 N–H and O–H groups in total. The molecule has 0 aliphatic carbocycles. The first-order valence-corrected chi connectivity index (χ1v) is 13.5. The summed E-state index contributed by atoms with van der Waals surface area (Å²) in [6, 6.07) is 22.2. The van der Waals surface area contributed by atoms with Gasteiger partial charge in [-0.25, -0.2) is 0 Å². The fraction of sp³-hybridized carbons (Fsp3) is 0.259. The van der Waals surface area contributed by atoms with E-state index in [0.29, 0.717) is 25.4 Å². The van der Waals surface area contributed by atoms with Gasteiger partial charge in [0.25, 0.3) is 11.1 Å². The van der Waals surface area contributed by atoms with E-state index in [9.17, 15) is 19.8 Å². The van der Waals surface area contributed by atoms with Crippen molar-refractivity contribution < 1.29 is 24.5 Å². The highest BCUT2D eigenvalue weighted by Crippen LogP contribution is 2.30. The maximum absolute atomic E-state index is 12.4. The van der Waals surface area contributed by atoms with E-state index in [0.717, 1.165) is 39.5 Å². The molecular formula is C27H28BrN3O5S. The second-order valence-electron chi connectivity index (χ2n) is 8.58. The number of aromatic hydroxyl groups is 1. The third kappa shape index (κ3) is 7.96. The number of rotatable bonds is 12. The predicted molar refractivity (Wildman–Crippen MR) is 148 cm³/mol. The van der Waals surface area contributed by atoms with Crippen molar-refractivity contribution in [1.29, 1.82) is 0 Å². The van der Waals surface area contributed by atoms with Crippen LogP contribution in [0.25, 0.3) is 0 Å². The van der Waals surface area contributed by atoms with Crippen LogP contribution < -0.4 is 20.3 Å². The molecule has 2 amide bonds. The van der Waals surface area contributed by atoms with E-state index in [1.807, 2.05) is 53.4 Å². The Morgan fingerprint density at radius 1 is 1.00 bits per heavy atom. The first-order valence-electron chi connectivity index (χ1n) is 11.8. The summed E-state index contributed by atoms with van der Waals surface area (Å²) in [6.45, 7) is 1.69. The van der Waals surface area contributed by atoms with Gasteiger partial charge in [-0.05, 0) is 84.4 Å². The summed E-state index contributed by atoms with van der Waals surface area (Å²) in [7, 11) is 0. The Labute approximate surface area is 228 Å². The molecule has 4 rings (SSSR count). The first kappa shape index (κ1) is 27.0. The van der Waals surface area contributed by atoms with E-state index in [-0.39, 0.29) is 23.5 Å². The van der Waals surface area contributed by atoms with Crippen molar-refractivity contribution in [2.45, 2.75) is 24.4 Å². The van der Waals surface area contributed by atoms with E-state index in [2.05, 4.69) is 26.6 Å². The Hall–Kier alpha value is -3.05. The van der Waals surface area contributed by atoms with Crippen molar-refractivity contribution in [1.82, 2.24) is 10.6 Å². The number of phenolic OH excluding ortho intramolecular Hbond substituents is 1. The number of nitrogens with zero attached hydrogens (tertiary/aromatic N) is 1. The summed E-state index contributed by atoms with van der Waals surface area (Å²) in [5, 5.41) is 24.1. The van der Waals surface area contributed by atoms with Crippen molar-refractivity contribution >= 4 is 44.5 Å². The van der Waals surface area contributed by atoms with Gasteiger partial charge in [-0.2, -0.15) is 0 Å². The van der Waals surface area contributed by atoms with Crippen LogP contribution in [-0.4, -0.2) is 52.5 Å². The predicted octanol–water partition coefficient (Wildman–Crippen LogP) is 4.04. The van der Waals surface area contributed by atoms with Crippen LogP contribution in [0, 0.1) is 0 Å². The lowest BCUT2D eigenvalue weighted by atomic mass is 10.1. The largest absolute Gasteiger partial charge is 0.508 e. The fourth-order valence-corrected chi connectivity index (χ4v) is 4.91. The molecule has 1 saturated heterocycles. The molecule has 1 heterocycles. The topological polar surface area (TPSA) is 111 Å². The quantitative estimate of drug-likeness (QED) is 0.236. The van der Waals surface area contributed by atoms with E-state index < -0.39 is 11.5 Å². The number of hydrogen-bond donors (Lipinski definition) is 4. The molecule has 3 aromatic carbocycles. The summed E-state index contributed by atoms with van der Waals surface area (Å²) in [5.74, 6) is 0.440. The summed E-state index contributed by atoms with van der Waals surface area (Å²) in [5.41, 5.74) is 2.98. The maximum atomic E-state index is 12.4. The number of halogens is 1. The lowest BCUT2D eigenvalue weighted by molar-refractivity contribution is -0.119. The molecule has 3 aromatic rings. The van der Waals surface area contributed by atoms with Gasteiger partial charge in [-0.15, -0.1) is 0 Å². The number of ether oxygens (including phenoxy) is 1. The van der Waals surface area contributed by atoms with E-state index in [1.165, 1.54) is 12.1 Å². The van der Waals surface area contributed by atoms with Crippen LogP contribution >= 0.6 is 27.7 Å². The summed E-state index contributed by atoms with van der Waals surface area (Å²) >= 11 is 4.43. The number of carbonyl (C=O) groups excluding carboxylic acids is 2. The smallest absolute Gasteiger partial charge is 0.288 e. The summed E-state index contributed by atoms with van der Waals surface area (Å²) in [6.07, 6.45) is 0.0940. The standard InChI is InChI=1S/C27H28BrN3O5S/c28-20-5-1-19(2-6-20)16-31(26-25(34)30-27(35)37-26)21-7-3-18(4-8-21)13-14-29-15-23(33)17-36-24-11-9-22(32)10-12-24/h1-12,23,26,29,32-33H,13-17H2,(H,30,34,35). The lowest BCUT2D eigenvalue weighted by Crippen LogP contribution is -2.39. The van der Waals surface area contributed by atoms with Gasteiger partial charge in [0.05, 0.1) is 0 Å². The molecule has 194 valence electrons. The molecule has 37 heavy (non-hydrogen) atoms. The minimum absolute atomic E-state index is 0.149. The van der Waals surface area contributed by atoms with Crippen LogP contribution in [0.5, 0.6) is 11.5 Å². The third-order valence-corrected chi connectivity index (χ3v) is 7.27. The minimum atomic E-state index is -0.666. The second kappa shape index (κ2) is 13.0. The highest BCUT2D eigenvalue weighted by atomic mass is 79.9. The van der Waals surface area contributed by atoms with Gasteiger partial charge < -0.3 is 25.2 Å². The van der Waals surface area contributed by atoms with Gasteiger partial charge in [0.1, 0.15) is 24.2 Å². The van der Waals surface area contributed by atoms with E-state index >= 15 is 0 Å². The zero-order valence-corrected chi connectivity index (χ0v) is 22.4. The zero-order chi connectivity index (χ0) is 26.2. The number of phenols is 1. The van der Waals surface area contributed by atoms with Gasteiger partial charge >= 0.3 is 0 Å². The monoisotopic (exact) mass is 585 g/mol. The van der Waals surface area contributed by atoms with Gasteiger partial charge in [0.15, 0.2) is 5.37 Å². The van der Waals surface area contributed by atoms with Gasteiger partial charge in [-0.3, -0.25) is 14.9 Å². The molecule has 2 atom stereocenters. The van der Waals surface area contributed by atoms with Crippen molar-refractivity contribution in [3.8, 4) is 11.5 Å². The molecule has 0 spiro atoms. The number of nitrogens with one attached hydrogen (secondary N) is 2. The molecule has 10 heteroatoms. The van der Waals surface area contributed by atoms with E-state index in [1.54, 1.807) is 12.1 Å². The van der Waals surface area contributed by atoms with Crippen LogP contribution in [-0.2, 0) is 17.8 Å². The number of imide groups is 1. The molecule has 0 radical (unpaired) electrons. The molecule has 2 unspecified atom stereocenters. The van der Waals surface area contributed by atoms with Crippen LogP contribution in [0.2, 0.25) is 0 Å². The SMILES string of the molecule is O=C1NC(=O)C(N(Cc2ccc(Br)cc2)c2ccc(CCNCC(O)COc3ccc(O)cc3)cc2)S1. The molecular weight excluding hydrogens is 558 g/mol. The normalized spacial score (nSPS) is 15.9. The second-order valence-corrected chi connectivity index (χ2v) is 10.5. The number of carbonyl (C=O) groups is 2. The van der Waals surface area contributed by atoms with Crippen LogP contribution in [0.1, 0.15) is 11.1 Å². The molecule has 1 aliphatic heterocycles. The number of thioether (sulfide) groups is 1. The molecule has 0 saturated carbocycles. The highest BCUT2D eigenvalue weighted by Gasteiger charge is 2.36. The van der Waals surface area contributed by atoms with Crippen LogP contribution in [0.4, 0.5) is 10.5 Å². The maximum Gasteiger partial charge on any atom is 0.288 e. The summed E-state index contributed by atoms with van der Waals surface area (Å²) < 4.78 is 6.49. The molecule has 8 nitrogen and oxygen atoms in total. The highest BCUT2D eigenvalue weighted by molar-refractivity contribution is 9.10. The molecule has 1 aliphatic rings. The molecule has 1 fully saturated rings. The Morgan fingerprint density at radius 2 is 1.68 bits per heavy atom. The average molecular weight is 587 g/mol. The van der Waals surface area contributed by atoms with Crippen molar-refractivity contribution in [3.63, 3.8) is 0 Å². The van der Waals surface area contributed by atoms with Crippen LogP contribution in [0.3, 0.4) is 0 Å². The van der Waals surface area contributed by atoms with E-state index in [4.69, 9.17) is 4.74 Å². The van der Waals surface area contributed by atoms with Crippen molar-refractivity contribution in [3.05, 3.63) is 88.4 Å². The van der Waals surface area contributed by atoms with Gasteiger partial charge in [0, 0.05) is 23.2 Å². The molecule has 0 bridgehead atoms. The first-order chi connectivity index (χ1) is 17.9. The Morgan fingerprint density at radius 3 is 2.32 bits per heavy atom. The Balaban J connectivity index is 1.29. The number of hydrogen-bond acceptors (Lipinski definition) is 8. The minimum Gasteiger partial charge on any atom is -0.508 e. The number of anilines is 1. The van der Waals surface area contributed by atoms with Crippen molar-refractivity contribution in [2.75, 3.05) is 24.6 Å². The van der Waals surface area contributed by atoms with Gasteiger partial charge in [0.2, 0.25) is 0 Å². The van der Waals surface area contributed by atoms with Crippen LogP contribution in [0.15, 0.2) is 77.3 Å². The third-order valence-electron chi connectivity index (χ3n) is 5.73. The fourth-order valence-electron chi connectivity index (χ4n) is 3.80.